The number of piperazine rings is 1. The monoisotopic (exact) mass is 603 g/mol. The van der Waals surface area contributed by atoms with Gasteiger partial charge in [-0.15, -0.1) is 0 Å². The van der Waals surface area contributed by atoms with Gasteiger partial charge < -0.3 is 21.7 Å². The first-order chi connectivity index (χ1) is 19.6. The molecule has 3 saturated heterocycles. The molecule has 13 heteroatoms. The van der Waals surface area contributed by atoms with Gasteiger partial charge in [0.1, 0.15) is 12.3 Å². The Morgan fingerprint density at radius 1 is 0.927 bits per heavy atom. The van der Waals surface area contributed by atoms with Crippen LogP contribution in [0, 0.1) is 11.8 Å². The lowest BCUT2D eigenvalue weighted by molar-refractivity contribution is -0.128. The van der Waals surface area contributed by atoms with E-state index in [9.17, 15) is 17.6 Å². The number of carbonyl (C=O) groups is 1. The molecule has 3 aliphatic heterocycles. The van der Waals surface area contributed by atoms with Crippen LogP contribution >= 0.6 is 0 Å². The topological polar surface area (TPSA) is 132 Å². The molecule has 3 heterocycles. The van der Waals surface area contributed by atoms with Gasteiger partial charge >= 0.3 is 0 Å². The molecule has 8 unspecified atom stereocenters. The highest BCUT2D eigenvalue weighted by molar-refractivity contribution is 7.90. The summed E-state index contributed by atoms with van der Waals surface area (Å²) in [5.74, 6) is -0.521. The van der Waals surface area contributed by atoms with Crippen LogP contribution in [0.4, 0.5) is 8.78 Å². The molecular weight excluding hydrogens is 552 g/mol. The number of halogens is 2. The summed E-state index contributed by atoms with van der Waals surface area (Å²) in [6, 6.07) is -1.39. The highest BCUT2D eigenvalue weighted by atomic mass is 32.2. The number of sulfonamides is 1. The highest BCUT2D eigenvalue weighted by Crippen LogP contribution is 2.32. The molecule has 41 heavy (non-hydrogen) atoms. The van der Waals surface area contributed by atoms with Crippen molar-refractivity contribution >= 4 is 15.9 Å². The summed E-state index contributed by atoms with van der Waals surface area (Å²) in [7, 11) is -3.27. The Morgan fingerprint density at radius 3 is 2.32 bits per heavy atom. The Labute approximate surface area is 244 Å². The van der Waals surface area contributed by atoms with E-state index in [1.165, 1.54) is 19.3 Å². The van der Waals surface area contributed by atoms with Crippen molar-refractivity contribution in [3.63, 3.8) is 0 Å². The van der Waals surface area contributed by atoms with Crippen LogP contribution in [0.5, 0.6) is 0 Å². The van der Waals surface area contributed by atoms with Crippen molar-refractivity contribution < 1.29 is 22.0 Å². The van der Waals surface area contributed by atoms with Crippen molar-refractivity contribution in [2.24, 2.45) is 17.6 Å². The van der Waals surface area contributed by atoms with Gasteiger partial charge in [0.15, 0.2) is 0 Å². The number of nitrogens with two attached hydrogens (primary N) is 1. The second kappa shape index (κ2) is 13.8. The van der Waals surface area contributed by atoms with Gasteiger partial charge in [-0.2, -0.15) is 4.31 Å². The first-order valence-electron chi connectivity index (χ1n) is 15.9. The lowest BCUT2D eigenvalue weighted by atomic mass is 9.81. The number of nitrogens with zero attached hydrogens (tertiary/aromatic N) is 2. The van der Waals surface area contributed by atoms with Crippen molar-refractivity contribution in [3.8, 4) is 0 Å². The predicted octanol–water partition coefficient (Wildman–Crippen LogP) is 0.440. The zero-order valence-electron chi connectivity index (χ0n) is 24.4. The summed E-state index contributed by atoms with van der Waals surface area (Å²) in [5.41, 5.74) is 6.72. The van der Waals surface area contributed by atoms with Gasteiger partial charge in [-0.05, 0) is 51.4 Å². The minimum atomic E-state index is -3.27. The van der Waals surface area contributed by atoms with Crippen LogP contribution in [-0.2, 0) is 14.8 Å². The molecule has 2 aliphatic carbocycles. The second-order valence-corrected chi connectivity index (χ2v) is 15.3. The molecule has 2 saturated carbocycles. The molecule has 8 atom stereocenters. The first-order valence-corrected chi connectivity index (χ1v) is 17.4. The fraction of sp³-hybridized carbons (Fsp3) is 0.964. The number of carbonyl (C=O) groups excluding carboxylic acids is 1. The third kappa shape index (κ3) is 7.58. The van der Waals surface area contributed by atoms with Crippen molar-refractivity contribution in [1.82, 2.24) is 30.5 Å². The number of rotatable bonds is 6. The quantitative estimate of drug-likeness (QED) is 0.296. The van der Waals surface area contributed by atoms with Gasteiger partial charge in [-0.1, -0.05) is 19.3 Å². The average molecular weight is 604 g/mol. The number of piperidine rings is 1. The summed E-state index contributed by atoms with van der Waals surface area (Å²) in [6.07, 6.45) is 5.48. The van der Waals surface area contributed by atoms with Crippen LogP contribution in [0.1, 0.15) is 64.7 Å². The van der Waals surface area contributed by atoms with Crippen LogP contribution in [-0.4, -0.2) is 117 Å². The standard InChI is InChI=1S/C28H51F2N7O3S/c1-18-25(27(31)34-23(10-7-20(29)15-33-18)19-5-3-2-4-6-19)28(38)35-24-17-32-16-22(30)26(24)36-11-13-37(14-12-36)41(39,40)21-8-9-21/h18-27,32-34H,2-17,31H2,1H3,(H,35,38). The van der Waals surface area contributed by atoms with Gasteiger partial charge in [0.25, 0.3) is 0 Å². The number of amides is 1. The van der Waals surface area contributed by atoms with Gasteiger partial charge in [-0.25, -0.2) is 17.2 Å². The van der Waals surface area contributed by atoms with E-state index in [0.29, 0.717) is 51.5 Å². The zero-order valence-corrected chi connectivity index (χ0v) is 25.3. The van der Waals surface area contributed by atoms with Gasteiger partial charge in [-0.3, -0.25) is 15.0 Å². The van der Waals surface area contributed by atoms with Crippen LogP contribution in [0.25, 0.3) is 0 Å². The van der Waals surface area contributed by atoms with Gasteiger partial charge in [0.05, 0.1) is 29.4 Å². The maximum atomic E-state index is 15.4. The fourth-order valence-corrected chi connectivity index (χ4v) is 9.37. The summed E-state index contributed by atoms with van der Waals surface area (Å²) in [6.45, 7) is 4.14. The minimum absolute atomic E-state index is 0.0617. The van der Waals surface area contributed by atoms with Crippen LogP contribution in [0.3, 0.4) is 0 Å². The van der Waals surface area contributed by atoms with Crippen molar-refractivity contribution in [2.45, 2.75) is 113 Å². The number of nitrogens with one attached hydrogen (secondary N) is 4. The van der Waals surface area contributed by atoms with Gasteiger partial charge in [0.2, 0.25) is 15.9 Å². The van der Waals surface area contributed by atoms with E-state index in [2.05, 4.69) is 21.3 Å². The third-order valence-electron chi connectivity index (χ3n) is 10.1. The Hall–Kier alpha value is -0.960. The van der Waals surface area contributed by atoms with E-state index in [0.717, 1.165) is 25.7 Å². The maximum Gasteiger partial charge on any atom is 0.227 e. The summed E-state index contributed by atoms with van der Waals surface area (Å²) >= 11 is 0. The van der Waals surface area contributed by atoms with E-state index < -0.39 is 46.5 Å². The van der Waals surface area contributed by atoms with Crippen LogP contribution < -0.4 is 27.0 Å². The lowest BCUT2D eigenvalue weighted by Gasteiger charge is -2.46. The molecule has 0 bridgehead atoms. The Bertz CT molecular complexity index is 976. The number of alkyl halides is 2. The van der Waals surface area contributed by atoms with E-state index >= 15 is 4.39 Å². The molecule has 0 aromatic heterocycles. The van der Waals surface area contributed by atoms with E-state index in [-0.39, 0.29) is 36.3 Å². The molecule has 236 valence electrons. The SMILES string of the molecule is CC1NCC(F)CCC(C2CCCCC2)NC(N)C1C(=O)NC1CNCC(F)C1N1CCN(S(=O)(=O)C2CC2)CC1. The minimum Gasteiger partial charge on any atom is -0.350 e. The highest BCUT2D eigenvalue weighted by Gasteiger charge is 2.45. The lowest BCUT2D eigenvalue weighted by Crippen LogP contribution is -2.69. The van der Waals surface area contributed by atoms with Crippen molar-refractivity contribution in [2.75, 3.05) is 45.8 Å². The second-order valence-electron chi connectivity index (χ2n) is 13.1. The van der Waals surface area contributed by atoms with Gasteiger partial charge in [0, 0.05) is 57.9 Å². The van der Waals surface area contributed by atoms with Crippen LogP contribution in [0.2, 0.25) is 0 Å². The molecule has 0 aromatic carbocycles. The third-order valence-corrected chi connectivity index (χ3v) is 12.5. The largest absolute Gasteiger partial charge is 0.350 e. The van der Waals surface area contributed by atoms with Crippen LogP contribution in [0.15, 0.2) is 0 Å². The molecule has 10 nitrogen and oxygen atoms in total. The smallest absolute Gasteiger partial charge is 0.227 e. The van der Waals surface area contributed by atoms with Crippen molar-refractivity contribution in [1.29, 1.82) is 0 Å². The molecule has 6 N–H and O–H groups in total. The molecule has 0 radical (unpaired) electrons. The molecule has 0 spiro atoms. The summed E-state index contributed by atoms with van der Waals surface area (Å²) in [4.78, 5) is 15.9. The molecule has 0 aromatic rings. The Kier molecular flexibility index (Phi) is 10.6. The molecule has 5 rings (SSSR count). The number of hydrogen-bond acceptors (Lipinski definition) is 8. The number of hydrogen-bond donors (Lipinski definition) is 5. The average Bonchev–Trinajstić information content (AvgIpc) is 3.81. The normalized spacial score (nSPS) is 39.7. The van der Waals surface area contributed by atoms with E-state index in [1.807, 2.05) is 11.8 Å². The summed E-state index contributed by atoms with van der Waals surface area (Å²) in [5, 5.41) is 12.7. The van der Waals surface area contributed by atoms with E-state index in [1.54, 1.807) is 4.31 Å². The maximum absolute atomic E-state index is 15.4. The summed E-state index contributed by atoms with van der Waals surface area (Å²) < 4.78 is 57.2. The molecule has 1 amide bonds. The molecular formula is C28H51F2N7O3S. The zero-order chi connectivity index (χ0) is 29.1. The molecule has 5 aliphatic rings. The van der Waals surface area contributed by atoms with E-state index in [4.69, 9.17) is 5.73 Å². The fourth-order valence-electron chi connectivity index (χ4n) is 7.55. The first kappa shape index (κ1) is 31.5. The molecule has 5 fully saturated rings. The Morgan fingerprint density at radius 2 is 1.63 bits per heavy atom. The predicted molar refractivity (Wildman–Crippen MR) is 155 cm³/mol. The Balaban J connectivity index is 1.26. The van der Waals surface area contributed by atoms with Crippen molar-refractivity contribution in [3.05, 3.63) is 0 Å².